The summed E-state index contributed by atoms with van der Waals surface area (Å²) in [6.45, 7) is 6.26. The smallest absolute Gasteiger partial charge is 0.335 e. The van der Waals surface area contributed by atoms with Crippen LogP contribution in [0.3, 0.4) is 0 Å². The van der Waals surface area contributed by atoms with Crippen molar-refractivity contribution >= 4 is 29.3 Å². The Bertz CT molecular complexity index is 797. The quantitative estimate of drug-likeness (QED) is 0.228. The highest BCUT2D eigenvalue weighted by atomic mass is 32.2. The van der Waals surface area contributed by atoms with Crippen molar-refractivity contribution in [2.24, 2.45) is 0 Å². The maximum Gasteiger partial charge on any atom is 0.335 e. The minimum Gasteiger partial charge on any atom is -0.478 e. The number of unbranched alkanes of at least 4 members (excludes halogenated alkanes) is 3. The van der Waals surface area contributed by atoms with Gasteiger partial charge in [-0.2, -0.15) is 8.42 Å². The summed E-state index contributed by atoms with van der Waals surface area (Å²) in [7, 11) is -6.34. The highest BCUT2D eigenvalue weighted by Gasteiger charge is 2.43. The summed E-state index contributed by atoms with van der Waals surface area (Å²) >= 11 is 0. The van der Waals surface area contributed by atoms with Gasteiger partial charge < -0.3 is 10.2 Å². The van der Waals surface area contributed by atoms with E-state index in [1.165, 1.54) is 12.1 Å². The normalized spacial score (nSPS) is 13.2. The van der Waals surface area contributed by atoms with Gasteiger partial charge in [-0.25, -0.2) is 9.59 Å². The lowest BCUT2D eigenvalue weighted by molar-refractivity contribution is 0.0696. The molecule has 1 aromatic carbocycles. The molecule has 1 aromatic rings. The Morgan fingerprint density at radius 1 is 0.839 bits per heavy atom. The number of carbonyl (C=O) groups is 2. The average molecular weight is 476 g/mol. The largest absolute Gasteiger partial charge is 0.478 e. The minimum absolute atomic E-state index is 0.0358. The van der Waals surface area contributed by atoms with Crippen molar-refractivity contribution < 1.29 is 32.8 Å². The summed E-state index contributed by atoms with van der Waals surface area (Å²) in [5, 5.41) is 17.4. The number of carboxylic acid groups (broad SMARTS) is 2. The Balaban J connectivity index is 3.58. The molecule has 1 atom stereocenters. The molecule has 0 radical (unpaired) electrons. The molecule has 0 saturated heterocycles. The molecule has 0 aromatic heterocycles. The zero-order chi connectivity index (χ0) is 23.7. The van der Waals surface area contributed by atoms with Gasteiger partial charge in [-0.05, 0) is 43.0 Å². The van der Waals surface area contributed by atoms with Crippen LogP contribution in [-0.2, 0) is 10.1 Å². The van der Waals surface area contributed by atoms with E-state index in [1.807, 2.05) is 0 Å². The zero-order valence-electron chi connectivity index (χ0n) is 18.7. The third-order valence-corrected chi connectivity index (χ3v) is 12.0. The van der Waals surface area contributed by atoms with Gasteiger partial charge >= 0.3 is 11.9 Å². The third-order valence-electron chi connectivity index (χ3n) is 5.69. The molecule has 1 rings (SSSR count). The topological polar surface area (TPSA) is 129 Å². The van der Waals surface area contributed by atoms with Crippen LogP contribution in [0.15, 0.2) is 18.2 Å². The maximum atomic E-state index is 12.5. The zero-order valence-corrected chi connectivity index (χ0v) is 20.4. The van der Waals surface area contributed by atoms with Crippen molar-refractivity contribution in [1.82, 2.24) is 0 Å². The first-order valence-corrected chi connectivity index (χ1v) is 15.0. The average Bonchev–Trinajstić information content (AvgIpc) is 2.71. The van der Waals surface area contributed by atoms with Crippen LogP contribution in [-0.4, -0.2) is 59.8 Å². The molecule has 0 bridgehead atoms. The van der Waals surface area contributed by atoms with Crippen molar-refractivity contribution in [3.8, 4) is 0 Å². The molecule has 0 aliphatic carbocycles. The minimum atomic E-state index is -4.57. The SMILES string of the molecule is CCCC[P+](CCCC)(CCCC)CC(c1cc(C(=O)O)cc(C(=O)O)c1)S(=O)(=O)O. The van der Waals surface area contributed by atoms with E-state index >= 15 is 0 Å². The van der Waals surface area contributed by atoms with E-state index in [4.69, 9.17) is 0 Å². The predicted octanol–water partition coefficient (Wildman–Crippen LogP) is 5.43. The second-order valence-corrected chi connectivity index (χ2v) is 14.2. The fraction of sp³-hybridized carbons (Fsp3) is 0.636. The van der Waals surface area contributed by atoms with E-state index in [9.17, 15) is 32.8 Å². The lowest BCUT2D eigenvalue weighted by atomic mass is 10.0. The molecule has 0 aliphatic heterocycles. The Morgan fingerprint density at radius 3 is 1.52 bits per heavy atom. The molecule has 0 fully saturated rings. The van der Waals surface area contributed by atoms with E-state index in [-0.39, 0.29) is 22.9 Å². The van der Waals surface area contributed by atoms with E-state index in [0.29, 0.717) is 0 Å². The van der Waals surface area contributed by atoms with Crippen molar-refractivity contribution in [2.75, 3.05) is 24.6 Å². The Hall–Kier alpha value is -1.50. The summed E-state index contributed by atoms with van der Waals surface area (Å²) in [4.78, 5) is 23.0. The van der Waals surface area contributed by atoms with E-state index in [2.05, 4.69) is 20.8 Å². The van der Waals surface area contributed by atoms with Crippen LogP contribution in [0.2, 0.25) is 0 Å². The van der Waals surface area contributed by atoms with Crippen molar-refractivity contribution in [2.45, 2.75) is 64.5 Å². The molecule has 0 spiro atoms. The highest BCUT2D eigenvalue weighted by Crippen LogP contribution is 2.63. The van der Waals surface area contributed by atoms with E-state index < -0.39 is 34.6 Å². The Labute approximate surface area is 186 Å². The second kappa shape index (κ2) is 12.5. The number of aromatic carboxylic acids is 2. The summed E-state index contributed by atoms with van der Waals surface area (Å²) in [6.07, 6.45) is 8.84. The van der Waals surface area contributed by atoms with Crippen LogP contribution in [0.1, 0.15) is 90.8 Å². The van der Waals surface area contributed by atoms with Crippen LogP contribution in [0, 0.1) is 0 Å². The molecule has 0 aliphatic rings. The number of hydrogen-bond donors (Lipinski definition) is 3. The summed E-state index contributed by atoms with van der Waals surface area (Å²) < 4.78 is 35.1. The molecule has 9 heteroatoms. The predicted molar refractivity (Wildman–Crippen MR) is 126 cm³/mol. The molecule has 1 unspecified atom stereocenters. The molecular weight excluding hydrogens is 439 g/mol. The number of carboxylic acids is 2. The van der Waals surface area contributed by atoms with Crippen LogP contribution >= 0.6 is 7.26 Å². The van der Waals surface area contributed by atoms with Crippen LogP contribution in [0.5, 0.6) is 0 Å². The van der Waals surface area contributed by atoms with Gasteiger partial charge in [-0.3, -0.25) is 4.55 Å². The first-order chi connectivity index (χ1) is 14.5. The third kappa shape index (κ3) is 8.51. The Morgan fingerprint density at radius 2 is 1.23 bits per heavy atom. The number of rotatable bonds is 15. The van der Waals surface area contributed by atoms with Crippen LogP contribution in [0.25, 0.3) is 0 Å². The number of hydrogen-bond acceptors (Lipinski definition) is 4. The summed E-state index contributed by atoms with van der Waals surface area (Å²) in [5.41, 5.74) is -0.569. The summed E-state index contributed by atoms with van der Waals surface area (Å²) in [5.74, 6) is -2.69. The van der Waals surface area contributed by atoms with Gasteiger partial charge in [0.1, 0.15) is 5.25 Å². The highest BCUT2D eigenvalue weighted by molar-refractivity contribution is 7.87. The lowest BCUT2D eigenvalue weighted by Crippen LogP contribution is -2.23. The standard InChI is InChI=1S/C22H35O7PS/c1-4-7-10-30(11-8-5-2,12-9-6-3)16-20(31(27,28)29)17-13-18(21(23)24)15-19(14-17)22(25)26/h13-15,20H,4-12,16H2,1-3H3,(H2-,23,24,25,26,27,28,29)/p+1. The van der Waals surface area contributed by atoms with Crippen molar-refractivity contribution in [3.63, 3.8) is 0 Å². The molecule has 0 saturated carbocycles. The van der Waals surface area contributed by atoms with Gasteiger partial charge in [-0.15, -0.1) is 0 Å². The molecule has 7 nitrogen and oxygen atoms in total. The van der Waals surface area contributed by atoms with Crippen LogP contribution in [0.4, 0.5) is 0 Å². The Kier molecular flexibility index (Phi) is 11.1. The summed E-state index contributed by atoms with van der Waals surface area (Å²) in [6, 6.07) is 3.37. The first kappa shape index (κ1) is 27.5. The van der Waals surface area contributed by atoms with Gasteiger partial charge in [0.15, 0.2) is 0 Å². The first-order valence-electron chi connectivity index (χ1n) is 10.9. The monoisotopic (exact) mass is 475 g/mol. The van der Waals surface area contributed by atoms with Gasteiger partial charge in [0, 0.05) is 7.26 Å². The van der Waals surface area contributed by atoms with Gasteiger partial charge in [-0.1, -0.05) is 40.0 Å². The second-order valence-electron chi connectivity index (χ2n) is 8.21. The lowest BCUT2D eigenvalue weighted by Gasteiger charge is -2.31. The molecule has 0 amide bonds. The molecular formula is C22H36O7PS+. The molecule has 176 valence electrons. The van der Waals surface area contributed by atoms with Crippen molar-refractivity contribution in [3.05, 3.63) is 34.9 Å². The maximum absolute atomic E-state index is 12.5. The van der Waals surface area contributed by atoms with E-state index in [0.717, 1.165) is 63.1 Å². The molecule has 0 heterocycles. The fourth-order valence-electron chi connectivity index (χ4n) is 3.90. The molecule has 31 heavy (non-hydrogen) atoms. The van der Waals surface area contributed by atoms with Gasteiger partial charge in [0.2, 0.25) is 0 Å². The van der Waals surface area contributed by atoms with Crippen LogP contribution < -0.4 is 0 Å². The number of benzene rings is 1. The molecule has 3 N–H and O–H groups in total. The van der Waals surface area contributed by atoms with E-state index in [1.54, 1.807) is 0 Å². The fourth-order valence-corrected chi connectivity index (χ4v) is 11.2. The van der Waals surface area contributed by atoms with Crippen molar-refractivity contribution in [1.29, 1.82) is 0 Å². The van der Waals surface area contributed by atoms with Gasteiger partial charge in [0.05, 0.1) is 35.8 Å². The van der Waals surface area contributed by atoms with Gasteiger partial charge in [0.25, 0.3) is 10.1 Å².